The predicted molar refractivity (Wildman–Crippen MR) is 95.4 cm³/mol. The third-order valence-corrected chi connectivity index (χ3v) is 4.97. The van der Waals surface area contributed by atoms with Crippen molar-refractivity contribution in [2.24, 2.45) is 0 Å². The van der Waals surface area contributed by atoms with E-state index in [4.69, 9.17) is 16.7 Å². The fraction of sp³-hybridized carbons (Fsp3) is 0.250. The van der Waals surface area contributed by atoms with E-state index < -0.39 is 21.6 Å². The van der Waals surface area contributed by atoms with Gasteiger partial charge in [0, 0.05) is 17.3 Å². The number of nitrogens with one attached hydrogen (secondary N) is 1. The number of rotatable bonds is 7. The SMILES string of the molecule is Cc1ccc(NS(=O)(=O)Cc2ccc(Cl)cc2)c(=O)n1CCC(=O)O. The molecule has 0 aliphatic rings. The molecule has 7 nitrogen and oxygen atoms in total. The number of hydrogen-bond acceptors (Lipinski definition) is 4. The quantitative estimate of drug-likeness (QED) is 0.761. The largest absolute Gasteiger partial charge is 0.481 e. The minimum absolute atomic E-state index is 0.0350. The molecule has 2 N–H and O–H groups in total. The van der Waals surface area contributed by atoms with E-state index in [9.17, 15) is 18.0 Å². The molecule has 1 aromatic carbocycles. The standard InChI is InChI=1S/C16H17ClN2O5S/c1-11-2-7-14(16(22)19(11)9-8-15(20)21)18-25(23,24)10-12-3-5-13(17)6-4-12/h2-7,18H,8-10H2,1H3,(H,20,21). The molecule has 1 aromatic heterocycles. The molecule has 25 heavy (non-hydrogen) atoms. The van der Waals surface area contributed by atoms with Crippen LogP contribution in [0, 0.1) is 6.92 Å². The molecular formula is C16H17ClN2O5S. The molecule has 2 aromatic rings. The molecule has 0 amide bonds. The van der Waals surface area contributed by atoms with Crippen LogP contribution < -0.4 is 10.3 Å². The fourth-order valence-electron chi connectivity index (χ4n) is 2.24. The number of halogens is 1. The zero-order chi connectivity index (χ0) is 18.6. The maximum Gasteiger partial charge on any atom is 0.305 e. The minimum Gasteiger partial charge on any atom is -0.481 e. The van der Waals surface area contributed by atoms with E-state index in [2.05, 4.69) is 4.72 Å². The molecular weight excluding hydrogens is 368 g/mol. The van der Waals surface area contributed by atoms with Crippen LogP contribution in [0.25, 0.3) is 0 Å². The van der Waals surface area contributed by atoms with Crippen LogP contribution in [-0.4, -0.2) is 24.1 Å². The number of aliphatic carboxylic acids is 1. The van der Waals surface area contributed by atoms with E-state index in [0.29, 0.717) is 16.3 Å². The van der Waals surface area contributed by atoms with Crippen LogP contribution in [0.5, 0.6) is 0 Å². The van der Waals surface area contributed by atoms with Crippen molar-refractivity contribution in [3.8, 4) is 0 Å². The lowest BCUT2D eigenvalue weighted by atomic mass is 10.2. The first-order chi connectivity index (χ1) is 11.7. The minimum atomic E-state index is -3.81. The molecule has 0 bridgehead atoms. The molecule has 0 saturated heterocycles. The van der Waals surface area contributed by atoms with E-state index in [1.54, 1.807) is 37.3 Å². The first-order valence-corrected chi connectivity index (χ1v) is 9.38. The van der Waals surface area contributed by atoms with Gasteiger partial charge in [0.05, 0.1) is 12.2 Å². The molecule has 9 heteroatoms. The van der Waals surface area contributed by atoms with Gasteiger partial charge in [-0.05, 0) is 36.8 Å². The highest BCUT2D eigenvalue weighted by Crippen LogP contribution is 2.14. The summed E-state index contributed by atoms with van der Waals surface area (Å²) in [5.74, 6) is -1.35. The Balaban J connectivity index is 2.23. The van der Waals surface area contributed by atoms with E-state index in [0.717, 1.165) is 0 Å². The number of nitrogens with zero attached hydrogens (tertiary/aromatic N) is 1. The van der Waals surface area contributed by atoms with Gasteiger partial charge in [-0.2, -0.15) is 0 Å². The van der Waals surface area contributed by atoms with Crippen LogP contribution in [0.2, 0.25) is 5.02 Å². The summed E-state index contributed by atoms with van der Waals surface area (Å²) in [5, 5.41) is 9.25. The Labute approximate surface area is 149 Å². The molecule has 2 rings (SSSR count). The highest BCUT2D eigenvalue weighted by atomic mass is 35.5. The van der Waals surface area contributed by atoms with E-state index in [1.807, 2.05) is 0 Å². The summed E-state index contributed by atoms with van der Waals surface area (Å²) >= 11 is 5.77. The summed E-state index contributed by atoms with van der Waals surface area (Å²) in [6, 6.07) is 9.26. The molecule has 0 unspecified atom stereocenters. The van der Waals surface area contributed by atoms with Gasteiger partial charge in [-0.25, -0.2) is 8.42 Å². The topological polar surface area (TPSA) is 105 Å². The lowest BCUT2D eigenvalue weighted by Gasteiger charge is -2.13. The van der Waals surface area contributed by atoms with Gasteiger partial charge in [0.1, 0.15) is 5.69 Å². The van der Waals surface area contributed by atoms with Crippen molar-refractivity contribution in [3.63, 3.8) is 0 Å². The maximum atomic E-state index is 12.4. The fourth-order valence-corrected chi connectivity index (χ4v) is 3.56. The van der Waals surface area contributed by atoms with E-state index in [1.165, 1.54) is 10.6 Å². The number of aryl methyl sites for hydroxylation is 1. The van der Waals surface area contributed by atoms with Crippen molar-refractivity contribution in [2.45, 2.75) is 25.6 Å². The number of aromatic nitrogens is 1. The number of sulfonamides is 1. The lowest BCUT2D eigenvalue weighted by Crippen LogP contribution is -2.28. The van der Waals surface area contributed by atoms with Crippen molar-refractivity contribution >= 4 is 33.3 Å². The Bertz CT molecular complexity index is 936. The predicted octanol–water partition coefficient (Wildman–Crippen LogP) is 2.23. The lowest BCUT2D eigenvalue weighted by molar-refractivity contribution is -0.137. The first kappa shape index (κ1) is 19.0. The summed E-state index contributed by atoms with van der Waals surface area (Å²) in [6.07, 6.45) is -0.234. The van der Waals surface area contributed by atoms with Gasteiger partial charge < -0.3 is 9.67 Å². The molecule has 134 valence electrons. The van der Waals surface area contributed by atoms with Crippen LogP contribution in [0.1, 0.15) is 17.7 Å². The van der Waals surface area contributed by atoms with Gasteiger partial charge in [-0.3, -0.25) is 14.3 Å². The Kier molecular flexibility index (Phi) is 5.86. The van der Waals surface area contributed by atoms with Crippen molar-refractivity contribution in [1.29, 1.82) is 0 Å². The number of carboxylic acids is 1. The Morgan fingerprint density at radius 3 is 2.44 bits per heavy atom. The summed E-state index contributed by atoms with van der Waals surface area (Å²) in [5.41, 5.74) is 0.369. The molecule has 0 saturated carbocycles. The second-order valence-electron chi connectivity index (χ2n) is 5.48. The average Bonchev–Trinajstić information content (AvgIpc) is 2.52. The van der Waals surface area contributed by atoms with Crippen LogP contribution in [-0.2, 0) is 27.1 Å². The Morgan fingerprint density at radius 1 is 1.20 bits per heavy atom. The normalized spacial score (nSPS) is 11.3. The number of benzene rings is 1. The van der Waals surface area contributed by atoms with Crippen LogP contribution >= 0.6 is 11.6 Å². The first-order valence-electron chi connectivity index (χ1n) is 7.35. The van der Waals surface area contributed by atoms with Crippen LogP contribution in [0.4, 0.5) is 5.69 Å². The third-order valence-electron chi connectivity index (χ3n) is 3.48. The van der Waals surface area contributed by atoms with Crippen molar-refractivity contribution in [1.82, 2.24) is 4.57 Å². The number of carbonyl (C=O) groups is 1. The number of hydrogen-bond donors (Lipinski definition) is 2. The number of anilines is 1. The second-order valence-corrected chi connectivity index (χ2v) is 7.64. The number of pyridine rings is 1. The highest BCUT2D eigenvalue weighted by Gasteiger charge is 2.16. The van der Waals surface area contributed by atoms with Gasteiger partial charge in [-0.15, -0.1) is 0 Å². The second kappa shape index (κ2) is 7.71. The van der Waals surface area contributed by atoms with Crippen LogP contribution in [0.15, 0.2) is 41.2 Å². The summed E-state index contributed by atoms with van der Waals surface area (Å²) in [7, 11) is -3.81. The molecule has 0 radical (unpaired) electrons. The highest BCUT2D eigenvalue weighted by molar-refractivity contribution is 7.91. The molecule has 0 atom stereocenters. The Hall–Kier alpha value is -2.32. The van der Waals surface area contributed by atoms with Gasteiger partial charge >= 0.3 is 5.97 Å². The van der Waals surface area contributed by atoms with Crippen LogP contribution in [0.3, 0.4) is 0 Å². The molecule has 0 spiro atoms. The van der Waals surface area contributed by atoms with Gasteiger partial charge in [0.15, 0.2) is 0 Å². The molecule has 0 fully saturated rings. The van der Waals surface area contributed by atoms with Gasteiger partial charge in [0.25, 0.3) is 5.56 Å². The summed E-state index contributed by atoms with van der Waals surface area (Å²) in [6.45, 7) is 1.61. The average molecular weight is 385 g/mol. The summed E-state index contributed by atoms with van der Waals surface area (Å²) < 4.78 is 28.1. The molecule has 0 aliphatic carbocycles. The zero-order valence-corrected chi connectivity index (χ0v) is 15.0. The van der Waals surface area contributed by atoms with Gasteiger partial charge in [0.2, 0.25) is 10.0 Å². The van der Waals surface area contributed by atoms with E-state index in [-0.39, 0.29) is 24.4 Å². The maximum absolute atomic E-state index is 12.4. The van der Waals surface area contributed by atoms with E-state index >= 15 is 0 Å². The van der Waals surface area contributed by atoms with Gasteiger partial charge in [-0.1, -0.05) is 23.7 Å². The summed E-state index contributed by atoms with van der Waals surface area (Å²) in [4.78, 5) is 23.1. The molecule has 1 heterocycles. The smallest absolute Gasteiger partial charge is 0.305 e. The van der Waals surface area contributed by atoms with Crippen molar-refractivity contribution < 1.29 is 18.3 Å². The van der Waals surface area contributed by atoms with Crippen molar-refractivity contribution in [3.05, 3.63) is 63.0 Å². The molecule has 0 aliphatic heterocycles. The zero-order valence-electron chi connectivity index (χ0n) is 13.4. The Morgan fingerprint density at radius 2 is 1.84 bits per heavy atom. The monoisotopic (exact) mass is 384 g/mol. The third kappa shape index (κ3) is 5.33. The van der Waals surface area contributed by atoms with Crippen molar-refractivity contribution in [2.75, 3.05) is 4.72 Å². The number of carboxylic acid groups (broad SMARTS) is 1.